The van der Waals surface area contributed by atoms with Gasteiger partial charge in [0.1, 0.15) is 0 Å². The number of aliphatic hydroxyl groups excluding tert-OH is 1. The second-order valence-electron chi connectivity index (χ2n) is 4.96. The number of hydrogen-bond donors (Lipinski definition) is 1. The molecule has 0 aliphatic heterocycles. The van der Waals surface area contributed by atoms with E-state index in [1.807, 2.05) is 13.8 Å². The minimum Gasteiger partial charge on any atom is -0.748 e. The second kappa shape index (κ2) is 12.6. The van der Waals surface area contributed by atoms with Crippen LogP contribution in [0.4, 0.5) is 0 Å². The van der Waals surface area contributed by atoms with E-state index in [1.54, 1.807) is 0 Å². The standard InChI is InChI=1S/C13H28O4S.Na/c1-3-5-10-13(18(15,16)17)11-8-6-7-9-12(14)4-2;/h12-14H,3-11H2,1-2H3,(H,15,16,17);/q;+1/p-1. The van der Waals surface area contributed by atoms with Crippen LogP contribution in [0.5, 0.6) is 0 Å². The van der Waals surface area contributed by atoms with Crippen LogP contribution in [0.15, 0.2) is 0 Å². The van der Waals surface area contributed by atoms with Gasteiger partial charge in [-0.1, -0.05) is 46.0 Å². The van der Waals surface area contributed by atoms with Gasteiger partial charge in [0.15, 0.2) is 0 Å². The van der Waals surface area contributed by atoms with Crippen molar-refractivity contribution in [3.05, 3.63) is 0 Å². The number of rotatable bonds is 11. The van der Waals surface area contributed by atoms with E-state index in [1.165, 1.54) is 0 Å². The summed E-state index contributed by atoms with van der Waals surface area (Å²) in [5.41, 5.74) is 0. The fourth-order valence-corrected chi connectivity index (χ4v) is 2.91. The third-order valence-corrected chi connectivity index (χ3v) is 4.61. The average molecular weight is 302 g/mol. The van der Waals surface area contributed by atoms with Gasteiger partial charge in [0.05, 0.1) is 16.2 Å². The van der Waals surface area contributed by atoms with Crippen molar-refractivity contribution in [2.75, 3.05) is 0 Å². The van der Waals surface area contributed by atoms with Crippen LogP contribution in [0, 0.1) is 0 Å². The second-order valence-corrected chi connectivity index (χ2v) is 6.61. The van der Waals surface area contributed by atoms with E-state index in [9.17, 15) is 18.1 Å². The molecular weight excluding hydrogens is 275 g/mol. The molecule has 0 radical (unpaired) electrons. The molecule has 110 valence electrons. The molecule has 0 aromatic heterocycles. The predicted molar refractivity (Wildman–Crippen MR) is 72.4 cm³/mol. The quantitative estimate of drug-likeness (QED) is 0.326. The molecule has 0 aliphatic carbocycles. The summed E-state index contributed by atoms with van der Waals surface area (Å²) in [6.07, 6.45) is 6.47. The normalized spacial score (nSPS) is 14.7. The Labute approximate surface area is 140 Å². The summed E-state index contributed by atoms with van der Waals surface area (Å²) >= 11 is 0. The van der Waals surface area contributed by atoms with Crippen LogP contribution in [-0.4, -0.2) is 29.4 Å². The average Bonchev–Trinajstić information content (AvgIpc) is 2.30. The first kappa shape index (κ1) is 22.2. The first-order valence-corrected chi connectivity index (χ1v) is 8.51. The molecule has 2 unspecified atom stereocenters. The monoisotopic (exact) mass is 302 g/mol. The molecule has 0 saturated heterocycles. The molecule has 0 heterocycles. The van der Waals surface area contributed by atoms with E-state index in [0.29, 0.717) is 12.8 Å². The molecule has 0 saturated carbocycles. The molecule has 6 heteroatoms. The largest absolute Gasteiger partial charge is 1.00 e. The zero-order valence-corrected chi connectivity index (χ0v) is 15.4. The molecule has 0 aliphatic rings. The van der Waals surface area contributed by atoms with Crippen LogP contribution in [0.3, 0.4) is 0 Å². The third-order valence-electron chi connectivity index (χ3n) is 3.32. The predicted octanol–water partition coefficient (Wildman–Crippen LogP) is -0.184. The van der Waals surface area contributed by atoms with Gasteiger partial charge in [-0.3, -0.25) is 0 Å². The summed E-state index contributed by atoms with van der Waals surface area (Å²) in [5.74, 6) is 0. The van der Waals surface area contributed by atoms with E-state index in [4.69, 9.17) is 0 Å². The summed E-state index contributed by atoms with van der Waals surface area (Å²) in [6.45, 7) is 3.93. The van der Waals surface area contributed by atoms with Gasteiger partial charge >= 0.3 is 29.6 Å². The fraction of sp³-hybridized carbons (Fsp3) is 1.00. The Bertz CT molecular complexity index is 293. The van der Waals surface area contributed by atoms with Crippen LogP contribution >= 0.6 is 0 Å². The Morgan fingerprint density at radius 1 is 1.00 bits per heavy atom. The maximum absolute atomic E-state index is 11.1. The summed E-state index contributed by atoms with van der Waals surface area (Å²) < 4.78 is 33.2. The van der Waals surface area contributed by atoms with Crippen molar-refractivity contribution in [2.24, 2.45) is 0 Å². The van der Waals surface area contributed by atoms with Gasteiger partial charge in [-0.05, 0) is 25.7 Å². The van der Waals surface area contributed by atoms with Crippen molar-refractivity contribution in [1.29, 1.82) is 0 Å². The minimum absolute atomic E-state index is 0. The molecule has 2 atom stereocenters. The van der Waals surface area contributed by atoms with Crippen molar-refractivity contribution < 1.29 is 47.6 Å². The first-order chi connectivity index (χ1) is 8.41. The zero-order valence-electron chi connectivity index (χ0n) is 12.6. The number of aliphatic hydroxyl groups is 1. The number of unbranched alkanes of at least 4 members (excludes halogenated alkanes) is 3. The maximum atomic E-state index is 11.1. The van der Waals surface area contributed by atoms with Crippen LogP contribution in [0.2, 0.25) is 0 Å². The van der Waals surface area contributed by atoms with Gasteiger partial charge in [0.2, 0.25) is 0 Å². The Balaban J connectivity index is 0. The summed E-state index contributed by atoms with van der Waals surface area (Å²) in [6, 6.07) is 0. The van der Waals surface area contributed by atoms with Crippen LogP contribution < -0.4 is 29.6 Å². The Morgan fingerprint density at radius 3 is 2.00 bits per heavy atom. The fourth-order valence-electron chi connectivity index (χ4n) is 2.00. The molecule has 0 rings (SSSR count). The maximum Gasteiger partial charge on any atom is 1.00 e. The summed E-state index contributed by atoms with van der Waals surface area (Å²) in [7, 11) is -4.14. The van der Waals surface area contributed by atoms with Crippen molar-refractivity contribution >= 4 is 10.1 Å². The molecular formula is C13H27NaO4S. The number of hydrogen-bond acceptors (Lipinski definition) is 4. The summed E-state index contributed by atoms with van der Waals surface area (Å²) in [4.78, 5) is 0. The molecule has 1 N–H and O–H groups in total. The van der Waals surface area contributed by atoms with Crippen molar-refractivity contribution in [2.45, 2.75) is 83.0 Å². The van der Waals surface area contributed by atoms with E-state index in [0.717, 1.165) is 44.9 Å². The molecule has 0 bridgehead atoms. The molecule has 0 spiro atoms. The van der Waals surface area contributed by atoms with Crippen LogP contribution in [0.1, 0.15) is 71.6 Å². The zero-order chi connectivity index (χ0) is 14.0. The van der Waals surface area contributed by atoms with E-state index in [-0.39, 0.29) is 35.7 Å². The first-order valence-electron chi connectivity index (χ1n) is 7.04. The van der Waals surface area contributed by atoms with Crippen molar-refractivity contribution in [1.82, 2.24) is 0 Å². The van der Waals surface area contributed by atoms with Crippen LogP contribution in [-0.2, 0) is 10.1 Å². The van der Waals surface area contributed by atoms with E-state index >= 15 is 0 Å². The van der Waals surface area contributed by atoms with Gasteiger partial charge in [-0.15, -0.1) is 0 Å². The van der Waals surface area contributed by atoms with Gasteiger partial charge in [0, 0.05) is 5.25 Å². The smallest absolute Gasteiger partial charge is 0.748 e. The Morgan fingerprint density at radius 2 is 1.53 bits per heavy atom. The van der Waals surface area contributed by atoms with Gasteiger partial charge in [-0.2, -0.15) is 0 Å². The van der Waals surface area contributed by atoms with E-state index < -0.39 is 15.4 Å². The molecule has 4 nitrogen and oxygen atoms in total. The third kappa shape index (κ3) is 12.3. The topological polar surface area (TPSA) is 77.4 Å². The van der Waals surface area contributed by atoms with Gasteiger partial charge < -0.3 is 9.66 Å². The molecule has 19 heavy (non-hydrogen) atoms. The SMILES string of the molecule is CCCCC(CCCCCC(O)CC)S(=O)(=O)[O-].[Na+]. The molecule has 0 aromatic rings. The Kier molecular flexibility index (Phi) is 14.7. The minimum atomic E-state index is -4.14. The molecule has 0 fully saturated rings. The van der Waals surface area contributed by atoms with Gasteiger partial charge in [0.25, 0.3) is 0 Å². The van der Waals surface area contributed by atoms with E-state index in [2.05, 4.69) is 0 Å². The summed E-state index contributed by atoms with van der Waals surface area (Å²) in [5, 5.41) is 8.65. The van der Waals surface area contributed by atoms with Crippen molar-refractivity contribution in [3.63, 3.8) is 0 Å². The van der Waals surface area contributed by atoms with Crippen molar-refractivity contribution in [3.8, 4) is 0 Å². The van der Waals surface area contributed by atoms with Crippen LogP contribution in [0.25, 0.3) is 0 Å². The molecule has 0 aromatic carbocycles. The van der Waals surface area contributed by atoms with Gasteiger partial charge in [-0.25, -0.2) is 8.42 Å². The Hall–Kier alpha value is 0.870. The molecule has 0 amide bonds.